The lowest BCUT2D eigenvalue weighted by Gasteiger charge is -2.26. The zero-order chi connectivity index (χ0) is 13.9. The molecular formula is C12H18F3NO2. The third-order valence-electron chi connectivity index (χ3n) is 2.71. The molecule has 0 aromatic carbocycles. The lowest BCUT2D eigenvalue weighted by molar-refractivity contribution is -0.231. The van der Waals surface area contributed by atoms with Crippen molar-refractivity contribution >= 4 is 0 Å². The van der Waals surface area contributed by atoms with E-state index in [0.717, 1.165) is 6.92 Å². The van der Waals surface area contributed by atoms with Crippen molar-refractivity contribution in [2.75, 3.05) is 0 Å². The maximum Gasteiger partial charge on any atom is 0.414 e. The van der Waals surface area contributed by atoms with E-state index in [0.29, 0.717) is 17.9 Å². The Hall–Kier alpha value is -1.01. The molecule has 0 aliphatic heterocycles. The van der Waals surface area contributed by atoms with Crippen molar-refractivity contribution < 1.29 is 22.3 Å². The molecule has 0 amide bonds. The Balaban J connectivity index is 2.86. The molecule has 3 unspecified atom stereocenters. The smallest absolute Gasteiger partial charge is 0.414 e. The number of ether oxygens (including phenoxy) is 1. The minimum atomic E-state index is -4.41. The fourth-order valence-corrected chi connectivity index (χ4v) is 1.50. The van der Waals surface area contributed by atoms with Crippen LogP contribution in [-0.2, 0) is 4.74 Å². The van der Waals surface area contributed by atoms with Gasteiger partial charge in [0.05, 0.1) is 0 Å². The number of alkyl halides is 3. The molecule has 3 atom stereocenters. The van der Waals surface area contributed by atoms with Crippen LogP contribution in [0.15, 0.2) is 16.5 Å². The first-order valence-electron chi connectivity index (χ1n) is 5.79. The van der Waals surface area contributed by atoms with Gasteiger partial charge in [-0.05, 0) is 32.4 Å². The second-order valence-corrected chi connectivity index (χ2v) is 4.26. The zero-order valence-corrected chi connectivity index (χ0v) is 10.6. The van der Waals surface area contributed by atoms with Gasteiger partial charge in [-0.15, -0.1) is 0 Å². The minimum absolute atomic E-state index is 0.331. The van der Waals surface area contributed by atoms with E-state index in [1.54, 1.807) is 26.0 Å². The van der Waals surface area contributed by atoms with Crippen LogP contribution in [0, 0.1) is 6.92 Å². The van der Waals surface area contributed by atoms with Gasteiger partial charge in [-0.25, -0.2) is 0 Å². The highest BCUT2D eigenvalue weighted by atomic mass is 19.4. The summed E-state index contributed by atoms with van der Waals surface area (Å²) in [6.45, 7) is 4.46. The number of hydrogen-bond acceptors (Lipinski definition) is 3. The summed E-state index contributed by atoms with van der Waals surface area (Å²) < 4.78 is 47.8. The summed E-state index contributed by atoms with van der Waals surface area (Å²) in [6.07, 6.45) is -6.69. The number of furan rings is 1. The maximum absolute atomic E-state index is 12.5. The third-order valence-corrected chi connectivity index (χ3v) is 2.71. The molecule has 104 valence electrons. The Morgan fingerprint density at radius 3 is 2.39 bits per heavy atom. The van der Waals surface area contributed by atoms with E-state index in [4.69, 9.17) is 14.9 Å². The molecule has 0 saturated carbocycles. The average Bonchev–Trinajstić information content (AvgIpc) is 2.69. The Kier molecular flexibility index (Phi) is 4.81. The van der Waals surface area contributed by atoms with E-state index >= 15 is 0 Å². The summed E-state index contributed by atoms with van der Waals surface area (Å²) in [5.41, 5.74) is 5.80. The van der Waals surface area contributed by atoms with E-state index in [2.05, 4.69) is 0 Å². The van der Waals surface area contributed by atoms with Gasteiger partial charge in [-0.1, -0.05) is 6.92 Å². The number of halogens is 3. The van der Waals surface area contributed by atoms with Crippen LogP contribution in [0.4, 0.5) is 13.2 Å². The van der Waals surface area contributed by atoms with E-state index in [-0.39, 0.29) is 0 Å². The first kappa shape index (κ1) is 15.0. The summed E-state index contributed by atoms with van der Waals surface area (Å²) in [5.74, 6) is 0.944. The predicted octanol–water partition coefficient (Wildman–Crippen LogP) is 3.33. The van der Waals surface area contributed by atoms with Gasteiger partial charge in [-0.3, -0.25) is 0 Å². The van der Waals surface area contributed by atoms with Crippen molar-refractivity contribution in [3.63, 3.8) is 0 Å². The number of rotatable bonds is 5. The zero-order valence-electron chi connectivity index (χ0n) is 10.6. The second-order valence-electron chi connectivity index (χ2n) is 4.26. The first-order valence-corrected chi connectivity index (χ1v) is 5.79. The molecule has 2 N–H and O–H groups in total. The van der Waals surface area contributed by atoms with Gasteiger partial charge < -0.3 is 14.9 Å². The van der Waals surface area contributed by atoms with E-state index in [1.807, 2.05) is 0 Å². The Morgan fingerprint density at radius 2 is 2.00 bits per heavy atom. The lowest BCUT2D eigenvalue weighted by atomic mass is 10.1. The van der Waals surface area contributed by atoms with Crippen LogP contribution in [0.25, 0.3) is 0 Å². The molecule has 1 heterocycles. The number of hydrogen-bond donors (Lipinski definition) is 1. The van der Waals surface area contributed by atoms with Crippen molar-refractivity contribution in [3.8, 4) is 0 Å². The Bertz CT molecular complexity index is 376. The first-order chi connectivity index (χ1) is 8.25. The molecule has 0 aliphatic rings. The molecule has 18 heavy (non-hydrogen) atoms. The van der Waals surface area contributed by atoms with Gasteiger partial charge >= 0.3 is 6.18 Å². The van der Waals surface area contributed by atoms with Crippen LogP contribution in [-0.4, -0.2) is 18.3 Å². The SMILES string of the molecule is CCC(N)C(OC(C)C(F)(F)F)c1ccc(C)o1. The summed E-state index contributed by atoms with van der Waals surface area (Å²) in [6, 6.07) is 2.73. The largest absolute Gasteiger partial charge is 0.464 e. The summed E-state index contributed by atoms with van der Waals surface area (Å²) in [4.78, 5) is 0. The molecule has 1 aromatic rings. The van der Waals surface area contributed by atoms with Crippen LogP contribution in [0.2, 0.25) is 0 Å². The second kappa shape index (κ2) is 5.75. The van der Waals surface area contributed by atoms with Crippen molar-refractivity contribution in [1.82, 2.24) is 0 Å². The van der Waals surface area contributed by atoms with Gasteiger partial charge in [0.25, 0.3) is 0 Å². The summed E-state index contributed by atoms with van der Waals surface area (Å²) in [7, 11) is 0. The van der Waals surface area contributed by atoms with Gasteiger partial charge in [-0.2, -0.15) is 13.2 Å². The molecule has 0 spiro atoms. The highest BCUT2D eigenvalue weighted by Gasteiger charge is 2.40. The molecule has 1 rings (SSSR count). The fraction of sp³-hybridized carbons (Fsp3) is 0.667. The highest BCUT2D eigenvalue weighted by Crippen LogP contribution is 2.31. The number of aryl methyl sites for hydroxylation is 1. The van der Waals surface area contributed by atoms with Gasteiger partial charge in [0.2, 0.25) is 0 Å². The molecule has 0 saturated heterocycles. The predicted molar refractivity (Wildman–Crippen MR) is 61.1 cm³/mol. The molecule has 0 aliphatic carbocycles. The monoisotopic (exact) mass is 265 g/mol. The molecule has 0 fully saturated rings. The van der Waals surface area contributed by atoms with Crippen molar-refractivity contribution in [3.05, 3.63) is 23.7 Å². The third kappa shape index (κ3) is 3.74. The average molecular weight is 265 g/mol. The van der Waals surface area contributed by atoms with Crippen LogP contribution >= 0.6 is 0 Å². The van der Waals surface area contributed by atoms with Gasteiger partial charge in [0.15, 0.2) is 6.10 Å². The summed E-state index contributed by atoms with van der Waals surface area (Å²) >= 11 is 0. The topological polar surface area (TPSA) is 48.4 Å². The van der Waals surface area contributed by atoms with Crippen LogP contribution in [0.5, 0.6) is 0 Å². The van der Waals surface area contributed by atoms with E-state index < -0.39 is 24.4 Å². The van der Waals surface area contributed by atoms with Gasteiger partial charge in [0, 0.05) is 6.04 Å². The highest BCUT2D eigenvalue weighted by molar-refractivity contribution is 5.10. The minimum Gasteiger partial charge on any atom is -0.464 e. The Labute approximate surface area is 104 Å². The normalized spacial score (nSPS) is 17.5. The van der Waals surface area contributed by atoms with Gasteiger partial charge in [0.1, 0.15) is 17.6 Å². The quantitative estimate of drug-likeness (QED) is 0.888. The van der Waals surface area contributed by atoms with Crippen molar-refractivity contribution in [2.45, 2.75) is 51.6 Å². The Morgan fingerprint density at radius 1 is 1.39 bits per heavy atom. The molecule has 0 radical (unpaired) electrons. The molecule has 6 heteroatoms. The van der Waals surface area contributed by atoms with Crippen LogP contribution in [0.3, 0.4) is 0 Å². The molecular weight excluding hydrogens is 247 g/mol. The molecule has 3 nitrogen and oxygen atoms in total. The van der Waals surface area contributed by atoms with E-state index in [9.17, 15) is 13.2 Å². The summed E-state index contributed by atoms with van der Waals surface area (Å²) in [5, 5.41) is 0. The number of nitrogens with two attached hydrogens (primary N) is 1. The van der Waals surface area contributed by atoms with E-state index in [1.165, 1.54) is 0 Å². The van der Waals surface area contributed by atoms with Crippen molar-refractivity contribution in [1.29, 1.82) is 0 Å². The fourth-order valence-electron chi connectivity index (χ4n) is 1.50. The lowest BCUT2D eigenvalue weighted by Crippen LogP contribution is -2.36. The maximum atomic E-state index is 12.5. The molecule has 0 bridgehead atoms. The van der Waals surface area contributed by atoms with Crippen molar-refractivity contribution in [2.24, 2.45) is 5.73 Å². The molecule has 1 aromatic heterocycles. The van der Waals surface area contributed by atoms with Crippen LogP contribution in [0.1, 0.15) is 37.9 Å². The van der Waals surface area contributed by atoms with Crippen LogP contribution < -0.4 is 5.73 Å². The standard InChI is InChI=1S/C12H18F3NO2/c1-4-9(16)11(10-6-5-7(2)17-10)18-8(3)12(13,14)15/h5-6,8-9,11H,4,16H2,1-3H3.